The Morgan fingerprint density at radius 1 is 1.14 bits per heavy atom. The van der Waals surface area contributed by atoms with Crippen LogP contribution < -0.4 is 10.0 Å². The summed E-state index contributed by atoms with van der Waals surface area (Å²) < 4.78 is 10.5. The predicted molar refractivity (Wildman–Crippen MR) is 67.5 cm³/mol. The number of ether oxygens (including phenoxy) is 1. The van der Waals surface area contributed by atoms with Gasteiger partial charge in [0.1, 0.15) is 5.75 Å². The van der Waals surface area contributed by atoms with E-state index < -0.39 is 0 Å². The fraction of sp³-hybridized carbons (Fsp3) is 0.400. The van der Waals surface area contributed by atoms with E-state index in [2.05, 4.69) is 0 Å². The lowest BCUT2D eigenvalue weighted by atomic mass is 10.3. The summed E-state index contributed by atoms with van der Waals surface area (Å²) in [7, 11) is 2.10. The number of rotatable bonds is 4. The van der Waals surface area contributed by atoms with Crippen LogP contribution in [0, 0.1) is 0 Å². The molecule has 0 fully saturated rings. The molecule has 0 saturated carbocycles. The lowest BCUT2D eigenvalue weighted by molar-refractivity contribution is 0.282. The highest BCUT2D eigenvalue weighted by Gasteiger charge is 1.96. The van der Waals surface area contributed by atoms with Crippen LogP contribution in [0.15, 0.2) is 24.3 Å². The van der Waals surface area contributed by atoms with Gasteiger partial charge in [-0.3, -0.25) is 0 Å². The Labute approximate surface area is 97.6 Å². The summed E-state index contributed by atoms with van der Waals surface area (Å²) >= 11 is 0. The highest BCUT2D eigenvalue weighted by atomic mass is 79.9. The Morgan fingerprint density at radius 3 is 2.14 bits per heavy atom. The number of benzene rings is 1. The zero-order valence-electron chi connectivity index (χ0n) is 8.61. The van der Waals surface area contributed by atoms with Crippen LogP contribution in [-0.4, -0.2) is 13.2 Å². The van der Waals surface area contributed by atoms with Gasteiger partial charge in [-0.15, -0.1) is 17.0 Å². The monoisotopic (exact) mass is 278 g/mol. The van der Waals surface area contributed by atoms with Gasteiger partial charge < -0.3 is 9.26 Å². The molecule has 1 unspecified atom stereocenters. The second-order valence-electron chi connectivity index (χ2n) is 3.00. The molecule has 0 amide bonds. The van der Waals surface area contributed by atoms with Gasteiger partial charge in [-0.2, -0.15) is 0 Å². The molecule has 0 aliphatic carbocycles. The molecule has 0 aliphatic heterocycles. The van der Waals surface area contributed by atoms with Crippen LogP contribution in [0.1, 0.15) is 13.8 Å². The minimum Gasteiger partial charge on any atom is -0.497 e. The molecule has 2 nitrogen and oxygen atoms in total. The first-order valence-corrected chi connectivity index (χ1v) is 5.19. The quantitative estimate of drug-likeness (QED) is 0.789. The van der Waals surface area contributed by atoms with Gasteiger partial charge in [0.05, 0.1) is 13.2 Å². The standard InChI is InChI=1S/C10H15O2P.BrH/c1-8(2)12-13-10-6-4-9(11-3)5-7-10;/h4-8,13H,1-3H3;1H. The molecule has 0 spiro atoms. The Balaban J connectivity index is 0.00000169. The van der Waals surface area contributed by atoms with Crippen molar-refractivity contribution >= 4 is 31.1 Å². The molecule has 1 atom stereocenters. The molecular formula is C10H16BrO2P. The van der Waals surface area contributed by atoms with Crippen molar-refractivity contribution in [3.05, 3.63) is 24.3 Å². The number of hydrogen-bond acceptors (Lipinski definition) is 2. The second-order valence-corrected chi connectivity index (χ2v) is 4.01. The van der Waals surface area contributed by atoms with Crippen LogP contribution >= 0.6 is 25.8 Å². The molecule has 0 saturated heterocycles. The summed E-state index contributed by atoms with van der Waals surface area (Å²) in [6.45, 7) is 4.08. The summed E-state index contributed by atoms with van der Waals surface area (Å²) in [4.78, 5) is 0. The van der Waals surface area contributed by atoms with Crippen molar-refractivity contribution in [3.8, 4) is 5.75 Å². The molecule has 1 aromatic carbocycles. The second kappa shape index (κ2) is 7.22. The van der Waals surface area contributed by atoms with Gasteiger partial charge in [0.2, 0.25) is 0 Å². The Morgan fingerprint density at radius 2 is 1.71 bits per heavy atom. The predicted octanol–water partition coefficient (Wildman–Crippen LogP) is 2.92. The molecule has 1 aromatic rings. The van der Waals surface area contributed by atoms with Gasteiger partial charge in [-0.25, -0.2) is 0 Å². The fourth-order valence-corrected chi connectivity index (χ4v) is 1.52. The van der Waals surface area contributed by atoms with E-state index in [0.717, 1.165) is 5.75 Å². The normalized spacial score (nSPS) is 10.6. The molecule has 14 heavy (non-hydrogen) atoms. The zero-order chi connectivity index (χ0) is 9.68. The fourth-order valence-electron chi connectivity index (χ4n) is 0.845. The third kappa shape index (κ3) is 4.94. The molecule has 0 heterocycles. The molecule has 80 valence electrons. The van der Waals surface area contributed by atoms with Gasteiger partial charge in [0.25, 0.3) is 0 Å². The molecular weight excluding hydrogens is 263 g/mol. The van der Waals surface area contributed by atoms with E-state index in [-0.39, 0.29) is 17.0 Å². The maximum atomic E-state index is 5.49. The summed E-state index contributed by atoms with van der Waals surface area (Å²) in [5, 5.41) is 1.20. The van der Waals surface area contributed by atoms with E-state index in [0.29, 0.717) is 14.9 Å². The van der Waals surface area contributed by atoms with Gasteiger partial charge in [0, 0.05) is 8.81 Å². The Hall–Kier alpha value is -0.110. The molecule has 4 heteroatoms. The van der Waals surface area contributed by atoms with Gasteiger partial charge >= 0.3 is 0 Å². The minimum atomic E-state index is 0. The number of methoxy groups -OCH3 is 1. The molecule has 0 bridgehead atoms. The van der Waals surface area contributed by atoms with Crippen LogP contribution in [0.5, 0.6) is 5.75 Å². The van der Waals surface area contributed by atoms with Crippen molar-refractivity contribution in [1.82, 2.24) is 0 Å². The van der Waals surface area contributed by atoms with E-state index in [1.165, 1.54) is 5.30 Å². The smallest absolute Gasteiger partial charge is 0.118 e. The summed E-state index contributed by atoms with van der Waals surface area (Å²) in [6.07, 6.45) is 0.292. The molecule has 0 N–H and O–H groups in total. The third-order valence-electron chi connectivity index (χ3n) is 1.50. The van der Waals surface area contributed by atoms with Gasteiger partial charge in [-0.1, -0.05) is 0 Å². The molecule has 0 aliphatic rings. The van der Waals surface area contributed by atoms with E-state index in [9.17, 15) is 0 Å². The van der Waals surface area contributed by atoms with E-state index in [1.54, 1.807) is 7.11 Å². The first kappa shape index (κ1) is 13.9. The molecule has 0 radical (unpaired) electrons. The average molecular weight is 279 g/mol. The molecule has 0 aromatic heterocycles. The van der Waals surface area contributed by atoms with E-state index in [1.807, 2.05) is 38.1 Å². The van der Waals surface area contributed by atoms with Crippen molar-refractivity contribution in [1.29, 1.82) is 0 Å². The average Bonchev–Trinajstić information content (AvgIpc) is 2.15. The van der Waals surface area contributed by atoms with Crippen LogP contribution in [0.25, 0.3) is 0 Å². The highest BCUT2D eigenvalue weighted by molar-refractivity contribution is 8.93. The van der Waals surface area contributed by atoms with Crippen molar-refractivity contribution < 1.29 is 9.26 Å². The van der Waals surface area contributed by atoms with Crippen LogP contribution in [0.2, 0.25) is 0 Å². The number of halogens is 1. The third-order valence-corrected chi connectivity index (χ3v) is 2.66. The van der Waals surface area contributed by atoms with Crippen molar-refractivity contribution in [3.63, 3.8) is 0 Å². The number of hydrogen-bond donors (Lipinski definition) is 0. The highest BCUT2D eigenvalue weighted by Crippen LogP contribution is 2.16. The van der Waals surface area contributed by atoms with Crippen molar-refractivity contribution in [2.45, 2.75) is 20.0 Å². The lowest BCUT2D eigenvalue weighted by Gasteiger charge is -2.07. The van der Waals surface area contributed by atoms with Crippen molar-refractivity contribution in [2.75, 3.05) is 7.11 Å². The summed E-state index contributed by atoms with van der Waals surface area (Å²) in [5.74, 6) is 0.887. The summed E-state index contributed by atoms with van der Waals surface area (Å²) in [5.41, 5.74) is 0. The van der Waals surface area contributed by atoms with Crippen molar-refractivity contribution in [2.24, 2.45) is 0 Å². The first-order valence-electron chi connectivity index (χ1n) is 4.28. The Kier molecular flexibility index (Phi) is 7.16. The summed E-state index contributed by atoms with van der Waals surface area (Å²) in [6, 6.07) is 7.96. The SMILES string of the molecule is Br.COc1ccc(POC(C)C)cc1. The van der Waals surface area contributed by atoms with E-state index in [4.69, 9.17) is 9.26 Å². The lowest BCUT2D eigenvalue weighted by Crippen LogP contribution is -2.00. The zero-order valence-corrected chi connectivity index (χ0v) is 11.3. The first-order chi connectivity index (χ1) is 6.22. The topological polar surface area (TPSA) is 18.5 Å². The maximum Gasteiger partial charge on any atom is 0.118 e. The van der Waals surface area contributed by atoms with Crippen LogP contribution in [-0.2, 0) is 4.52 Å². The molecule has 1 rings (SSSR count). The van der Waals surface area contributed by atoms with Crippen LogP contribution in [0.4, 0.5) is 0 Å². The minimum absolute atomic E-state index is 0. The largest absolute Gasteiger partial charge is 0.497 e. The van der Waals surface area contributed by atoms with Crippen LogP contribution in [0.3, 0.4) is 0 Å². The van der Waals surface area contributed by atoms with E-state index >= 15 is 0 Å². The Bertz CT molecular complexity index is 249. The van der Waals surface area contributed by atoms with Gasteiger partial charge in [0.15, 0.2) is 0 Å². The maximum absolute atomic E-state index is 5.49. The van der Waals surface area contributed by atoms with Gasteiger partial charge in [-0.05, 0) is 43.4 Å².